The molecule has 3 aromatic rings. The second-order valence-corrected chi connectivity index (χ2v) is 11.3. The number of nitrogens with zero attached hydrogens (tertiary/aromatic N) is 5. The van der Waals surface area contributed by atoms with Gasteiger partial charge < -0.3 is 33.9 Å². The first-order valence-corrected chi connectivity index (χ1v) is 14.1. The fourth-order valence-electron chi connectivity index (χ4n) is 4.90. The van der Waals surface area contributed by atoms with Crippen LogP contribution in [0.5, 0.6) is 5.75 Å². The molecule has 3 heterocycles. The molecule has 0 saturated carbocycles. The molecule has 46 heavy (non-hydrogen) atoms. The molecule has 0 spiro atoms. The van der Waals surface area contributed by atoms with Crippen LogP contribution in [0.25, 0.3) is 11.0 Å². The average Bonchev–Trinajstić information content (AvgIpc) is 3.38. The Morgan fingerprint density at radius 3 is 2.11 bits per heavy atom. The number of rotatable bonds is 6. The molecule has 4 amide bonds. The van der Waals surface area contributed by atoms with Gasteiger partial charge in [-0.25, -0.2) is 9.59 Å². The molecule has 236 valence electrons. The summed E-state index contributed by atoms with van der Waals surface area (Å²) in [6.45, 7) is 9.30. The van der Waals surface area contributed by atoms with Crippen molar-refractivity contribution in [2.75, 3.05) is 44.7 Å². The molecule has 2 aliphatic heterocycles. The third-order valence-corrected chi connectivity index (χ3v) is 7.01. The van der Waals surface area contributed by atoms with E-state index in [1.807, 2.05) is 51.1 Å². The Morgan fingerprint density at radius 1 is 0.913 bits per heavy atom. The molecule has 0 radical (unpaired) electrons. The number of piperazine rings is 1. The average molecular weight is 875 g/mol. The van der Waals surface area contributed by atoms with E-state index in [0.29, 0.717) is 36.8 Å². The third-order valence-electron chi connectivity index (χ3n) is 7.01. The summed E-state index contributed by atoms with van der Waals surface area (Å²) >= 11 is 0. The van der Waals surface area contributed by atoms with Gasteiger partial charge in [0.1, 0.15) is 11.4 Å². The summed E-state index contributed by atoms with van der Waals surface area (Å²) in [5, 5.41) is 21.6. The molecule has 16 heteroatoms. The zero-order valence-electron chi connectivity index (χ0n) is 27.1. The van der Waals surface area contributed by atoms with Gasteiger partial charge in [0.2, 0.25) is 5.91 Å². The maximum absolute atomic E-state index is 13.5. The summed E-state index contributed by atoms with van der Waals surface area (Å²) < 4.78 is 16.2. The van der Waals surface area contributed by atoms with E-state index >= 15 is 0 Å². The molecule has 2 saturated heterocycles. The van der Waals surface area contributed by atoms with Crippen LogP contribution in [-0.2, 0) is 22.6 Å². The number of carbonyl (C=O) groups is 4. The Morgan fingerprint density at radius 2 is 1.52 bits per heavy atom. The first-order valence-electron chi connectivity index (χ1n) is 14.1. The van der Waals surface area contributed by atoms with Crippen LogP contribution in [-0.4, -0.2) is 89.5 Å². The fraction of sp³-hybridized carbons (Fsp3) is 0.433. The Kier molecular flexibility index (Phi) is 17.0. The van der Waals surface area contributed by atoms with E-state index in [1.54, 1.807) is 24.1 Å². The Labute approximate surface area is 384 Å². The predicted molar refractivity (Wildman–Crippen MR) is 153 cm³/mol. The number of hydrogen-bond acceptors (Lipinski definition) is 11. The van der Waals surface area contributed by atoms with Crippen molar-refractivity contribution in [2.45, 2.75) is 45.9 Å². The summed E-state index contributed by atoms with van der Waals surface area (Å²) in [5.41, 5.74) is 1.91. The molecule has 0 unspecified atom stereocenters. The molecule has 0 N–H and O–H groups in total. The third kappa shape index (κ3) is 11.7. The molecule has 0 aliphatic carbocycles. The topological polar surface area (TPSA) is 172 Å². The largest absolute Gasteiger partial charge is 1.00 e. The number of carboxylic acid groups (broad SMARTS) is 2. The van der Waals surface area contributed by atoms with Gasteiger partial charge in [-0.2, -0.15) is 0 Å². The van der Waals surface area contributed by atoms with Crippen LogP contribution < -0.4 is 158 Å². The van der Waals surface area contributed by atoms with Crippen molar-refractivity contribution in [1.29, 1.82) is 0 Å². The Balaban J connectivity index is 0.00000116. The van der Waals surface area contributed by atoms with Gasteiger partial charge >= 0.3 is 150 Å². The van der Waals surface area contributed by atoms with Gasteiger partial charge in [-0.15, -0.1) is 0 Å². The zero-order valence-corrected chi connectivity index (χ0v) is 39.7. The van der Waals surface area contributed by atoms with Crippen LogP contribution in [0.15, 0.2) is 47.0 Å². The second-order valence-electron chi connectivity index (χ2n) is 11.3. The summed E-state index contributed by atoms with van der Waals surface area (Å²) in [6, 6.07) is 12.7. The Hall–Kier alpha value is -0.746. The number of benzene rings is 2. The summed E-state index contributed by atoms with van der Waals surface area (Å²) in [7, 11) is 1.59. The van der Waals surface area contributed by atoms with Crippen LogP contribution in [0, 0.1) is 0 Å². The van der Waals surface area contributed by atoms with Crippen molar-refractivity contribution in [2.24, 2.45) is 0 Å². The van der Waals surface area contributed by atoms with E-state index in [4.69, 9.17) is 29.0 Å². The maximum Gasteiger partial charge on any atom is 1.00 e. The van der Waals surface area contributed by atoms with Crippen LogP contribution in [0.1, 0.15) is 38.3 Å². The maximum atomic E-state index is 13.5. The van der Waals surface area contributed by atoms with E-state index in [0.717, 1.165) is 29.6 Å². The van der Waals surface area contributed by atoms with Gasteiger partial charge in [0.25, 0.3) is 0 Å². The number of imide groups is 1. The van der Waals surface area contributed by atoms with Crippen molar-refractivity contribution >= 4 is 41.0 Å². The van der Waals surface area contributed by atoms with E-state index < -0.39 is 17.8 Å². The van der Waals surface area contributed by atoms with Gasteiger partial charge in [0.15, 0.2) is 11.4 Å². The monoisotopic (exact) mass is 875 g/mol. The molecular formula is C30H35Cs2N5O9. The number of anilines is 1. The molecule has 0 atom stereocenters. The summed E-state index contributed by atoms with van der Waals surface area (Å²) in [5.74, 6) is 0.886. The van der Waals surface area contributed by atoms with E-state index in [2.05, 4.69) is 10.1 Å². The van der Waals surface area contributed by atoms with Gasteiger partial charge in [-0.05, 0) is 62.3 Å². The Bertz CT molecular complexity index is 1500. The van der Waals surface area contributed by atoms with Crippen LogP contribution in [0.2, 0.25) is 0 Å². The standard InChI is InChI=1S/C29H35N5O6.CH2O3.2Cs/c1-29(2,3)39-28(37)32-15-13-31(14-16-32)18-21-7-10-24-23(17-21)26(30-40-24)33-12-11-25(35)34(27(33)36)19-20-5-8-22(38-4)9-6-20;2-1(3)4;;/h5-10,17H,11-16,18-19H2,1-4H3;(H2,2,3,4);;/q;;2*+1/p-2. The molecule has 5 rings (SSSR count). The molecule has 2 aliphatic rings. The number of amides is 4. The number of urea groups is 1. The van der Waals surface area contributed by atoms with Crippen molar-refractivity contribution in [1.82, 2.24) is 19.9 Å². The first kappa shape index (κ1) is 41.4. The number of aromatic nitrogens is 1. The number of methoxy groups -OCH3 is 1. The molecular weight excluding hydrogens is 840 g/mol. The number of carbonyl (C=O) groups excluding carboxylic acids is 4. The molecule has 2 aromatic carbocycles. The smallest absolute Gasteiger partial charge is 0.652 e. The second kappa shape index (κ2) is 18.9. The van der Waals surface area contributed by atoms with Gasteiger partial charge in [0.05, 0.1) is 19.0 Å². The van der Waals surface area contributed by atoms with Gasteiger partial charge in [-0.3, -0.25) is 19.5 Å². The minimum atomic E-state index is -2.33. The van der Waals surface area contributed by atoms with Crippen molar-refractivity contribution < 1.29 is 181 Å². The number of fused-ring (bicyclic) bond motifs is 1. The normalized spacial score (nSPS) is 15.3. The SMILES string of the molecule is COc1ccc(CN2C(=O)CCN(c3noc4ccc(CN5CCN(C(=O)OC(C)(C)C)CC5)cc34)C2=O)cc1.O=C([O-])[O-].[Cs+].[Cs+]. The molecule has 1 aromatic heterocycles. The number of ether oxygens (including phenoxy) is 2. The predicted octanol–water partition coefficient (Wildman–Crippen LogP) is -4.19. The van der Waals surface area contributed by atoms with E-state index in [1.165, 1.54) is 9.80 Å². The zero-order chi connectivity index (χ0) is 32.0. The van der Waals surface area contributed by atoms with Crippen molar-refractivity contribution in [3.8, 4) is 5.75 Å². The van der Waals surface area contributed by atoms with Crippen molar-refractivity contribution in [3.63, 3.8) is 0 Å². The first-order chi connectivity index (χ1) is 20.8. The molecule has 2 fully saturated rings. The minimum absolute atomic E-state index is 0. The molecule has 0 bridgehead atoms. The minimum Gasteiger partial charge on any atom is -0.652 e. The van der Waals surface area contributed by atoms with E-state index in [9.17, 15) is 14.4 Å². The van der Waals surface area contributed by atoms with Crippen LogP contribution in [0.4, 0.5) is 20.2 Å². The van der Waals surface area contributed by atoms with Crippen molar-refractivity contribution in [3.05, 3.63) is 53.6 Å². The van der Waals surface area contributed by atoms with Crippen LogP contribution >= 0.6 is 0 Å². The summed E-state index contributed by atoms with van der Waals surface area (Å²) in [4.78, 5) is 53.6. The van der Waals surface area contributed by atoms with Crippen LogP contribution in [0.3, 0.4) is 0 Å². The quantitative estimate of drug-likeness (QED) is 0.236. The van der Waals surface area contributed by atoms with E-state index in [-0.39, 0.29) is 169 Å². The van der Waals surface area contributed by atoms with Gasteiger partial charge in [0, 0.05) is 45.7 Å². The van der Waals surface area contributed by atoms with Gasteiger partial charge in [-0.1, -0.05) is 23.4 Å². The molecule has 14 nitrogen and oxygen atoms in total. The fourth-order valence-corrected chi connectivity index (χ4v) is 4.90. The summed E-state index contributed by atoms with van der Waals surface area (Å²) in [6.07, 6.45) is -2.42. The number of hydrogen-bond donors (Lipinski definition) is 0.